The normalized spacial score (nSPS) is 13.6. The molecule has 0 aliphatic rings. The first-order chi connectivity index (χ1) is 8.60. The Hall–Kier alpha value is -0.900. The number of benzene rings is 1. The van der Waals surface area contributed by atoms with Gasteiger partial charge in [-0.25, -0.2) is 5.90 Å². The maximum Gasteiger partial charge on any atom is 0.152 e. The maximum absolute atomic E-state index is 5.50. The highest BCUT2D eigenvalue weighted by Gasteiger charge is 2.27. The van der Waals surface area contributed by atoms with E-state index in [9.17, 15) is 0 Å². The molecule has 102 valence electrons. The van der Waals surface area contributed by atoms with Crippen LogP contribution in [0.5, 0.6) is 0 Å². The molecule has 0 radical (unpaired) electrons. The van der Waals surface area contributed by atoms with Crippen molar-refractivity contribution in [2.45, 2.75) is 33.8 Å². The number of nitrogens with zero attached hydrogens (tertiary/aromatic N) is 1. The lowest BCUT2D eigenvalue weighted by molar-refractivity contribution is -0.926. The molecule has 0 heterocycles. The third-order valence-electron chi connectivity index (χ3n) is 4.18. The van der Waals surface area contributed by atoms with Crippen molar-refractivity contribution in [1.82, 2.24) is 0 Å². The summed E-state index contributed by atoms with van der Waals surface area (Å²) in [7, 11) is 0. The van der Waals surface area contributed by atoms with Crippen molar-refractivity contribution in [2.24, 2.45) is 5.90 Å². The van der Waals surface area contributed by atoms with Gasteiger partial charge in [0.05, 0.1) is 19.6 Å². The molecule has 0 bridgehead atoms. The van der Waals surface area contributed by atoms with Gasteiger partial charge < -0.3 is 4.48 Å². The molecule has 0 amide bonds. The summed E-state index contributed by atoms with van der Waals surface area (Å²) in [4.78, 5) is 5.22. The third kappa shape index (κ3) is 3.55. The standard InChI is InChI=1S/C15H27N2O/c1-5-17(6-2,7-3)12-15(18-16)14-10-8-13(4)9-11-14/h8-11,15H,5-7,12,16H2,1-4H3/q+1. The van der Waals surface area contributed by atoms with Gasteiger partial charge in [0.1, 0.15) is 6.54 Å². The van der Waals surface area contributed by atoms with E-state index < -0.39 is 0 Å². The lowest BCUT2D eigenvalue weighted by Crippen LogP contribution is -2.50. The largest absolute Gasteiger partial charge is 0.322 e. The Bertz CT molecular complexity index is 336. The quantitative estimate of drug-likeness (QED) is 0.597. The van der Waals surface area contributed by atoms with Crippen LogP contribution in [-0.4, -0.2) is 30.7 Å². The maximum atomic E-state index is 5.50. The van der Waals surface area contributed by atoms with Crippen LogP contribution in [0.1, 0.15) is 38.0 Å². The van der Waals surface area contributed by atoms with Crippen LogP contribution in [0.25, 0.3) is 0 Å². The number of hydrogen-bond acceptors (Lipinski definition) is 2. The van der Waals surface area contributed by atoms with Gasteiger partial charge in [0.15, 0.2) is 6.10 Å². The van der Waals surface area contributed by atoms with Crippen LogP contribution in [0, 0.1) is 6.92 Å². The lowest BCUT2D eigenvalue weighted by Gasteiger charge is -2.38. The average molecular weight is 251 g/mol. The molecular weight excluding hydrogens is 224 g/mol. The summed E-state index contributed by atoms with van der Waals surface area (Å²) in [5.74, 6) is 5.50. The summed E-state index contributed by atoms with van der Waals surface area (Å²) < 4.78 is 1.04. The molecular formula is C15H27N2O+. The van der Waals surface area contributed by atoms with Gasteiger partial charge in [-0.05, 0) is 33.3 Å². The molecule has 2 N–H and O–H groups in total. The Balaban J connectivity index is 2.86. The smallest absolute Gasteiger partial charge is 0.152 e. The molecule has 0 saturated carbocycles. The minimum atomic E-state index is -0.0227. The summed E-state index contributed by atoms with van der Waals surface area (Å²) in [5.41, 5.74) is 2.43. The second-order valence-corrected chi connectivity index (χ2v) is 5.01. The predicted molar refractivity (Wildman–Crippen MR) is 75.9 cm³/mol. The molecule has 0 aliphatic heterocycles. The van der Waals surface area contributed by atoms with Gasteiger partial charge in [-0.15, -0.1) is 0 Å². The second-order valence-electron chi connectivity index (χ2n) is 5.01. The van der Waals surface area contributed by atoms with Crippen molar-refractivity contribution < 1.29 is 9.32 Å². The summed E-state index contributed by atoms with van der Waals surface area (Å²) in [6.07, 6.45) is -0.0227. The number of aryl methyl sites for hydroxylation is 1. The highest BCUT2D eigenvalue weighted by molar-refractivity contribution is 5.23. The van der Waals surface area contributed by atoms with E-state index in [0.717, 1.165) is 30.7 Å². The highest BCUT2D eigenvalue weighted by Crippen LogP contribution is 2.21. The van der Waals surface area contributed by atoms with Crippen LogP contribution < -0.4 is 5.90 Å². The van der Waals surface area contributed by atoms with E-state index >= 15 is 0 Å². The fraction of sp³-hybridized carbons (Fsp3) is 0.600. The number of quaternary nitrogens is 1. The van der Waals surface area contributed by atoms with Crippen molar-refractivity contribution >= 4 is 0 Å². The Labute approximate surface area is 111 Å². The third-order valence-corrected chi connectivity index (χ3v) is 4.18. The molecule has 3 nitrogen and oxygen atoms in total. The van der Waals surface area contributed by atoms with Crippen molar-refractivity contribution in [2.75, 3.05) is 26.2 Å². The van der Waals surface area contributed by atoms with Crippen LogP contribution in [0.15, 0.2) is 24.3 Å². The predicted octanol–water partition coefficient (Wildman–Crippen LogP) is 2.80. The molecule has 1 atom stereocenters. The summed E-state index contributed by atoms with van der Waals surface area (Å²) in [6, 6.07) is 8.45. The molecule has 1 aromatic rings. The van der Waals surface area contributed by atoms with Gasteiger partial charge >= 0.3 is 0 Å². The minimum absolute atomic E-state index is 0.0227. The molecule has 3 heteroatoms. The molecule has 1 aromatic carbocycles. The molecule has 0 saturated heterocycles. The second kappa shape index (κ2) is 6.88. The number of likely N-dealkylation sites (N-methyl/N-ethyl adjacent to an activating group) is 1. The van der Waals surface area contributed by atoms with Crippen molar-refractivity contribution in [1.29, 1.82) is 0 Å². The van der Waals surface area contributed by atoms with Crippen LogP contribution in [0.2, 0.25) is 0 Å². The van der Waals surface area contributed by atoms with Crippen molar-refractivity contribution in [3.8, 4) is 0 Å². The summed E-state index contributed by atoms with van der Waals surface area (Å²) >= 11 is 0. The van der Waals surface area contributed by atoms with Crippen LogP contribution in [0.3, 0.4) is 0 Å². The molecule has 0 fully saturated rings. The zero-order valence-electron chi connectivity index (χ0n) is 12.1. The number of nitrogens with two attached hydrogens (primary N) is 1. The Kier molecular flexibility index (Phi) is 5.79. The van der Waals surface area contributed by atoms with Gasteiger partial charge in [-0.1, -0.05) is 29.8 Å². The van der Waals surface area contributed by atoms with E-state index in [1.54, 1.807) is 0 Å². The van der Waals surface area contributed by atoms with Gasteiger partial charge in [0.25, 0.3) is 0 Å². The topological polar surface area (TPSA) is 35.2 Å². The fourth-order valence-electron chi connectivity index (χ4n) is 2.42. The van der Waals surface area contributed by atoms with E-state index in [-0.39, 0.29) is 6.10 Å². The van der Waals surface area contributed by atoms with Gasteiger partial charge in [-0.3, -0.25) is 4.84 Å². The first-order valence-electron chi connectivity index (χ1n) is 6.88. The fourth-order valence-corrected chi connectivity index (χ4v) is 2.42. The zero-order valence-corrected chi connectivity index (χ0v) is 12.1. The monoisotopic (exact) mass is 251 g/mol. The SMILES string of the molecule is CC[N+](CC)(CC)CC(ON)c1ccc(C)cc1. The molecule has 0 aromatic heterocycles. The molecule has 0 spiro atoms. The average Bonchev–Trinajstić information content (AvgIpc) is 2.42. The number of rotatable bonds is 7. The van der Waals surface area contributed by atoms with Gasteiger partial charge in [0.2, 0.25) is 0 Å². The first-order valence-corrected chi connectivity index (χ1v) is 6.88. The summed E-state index contributed by atoms with van der Waals surface area (Å²) in [6.45, 7) is 13.0. The Morgan fingerprint density at radius 1 is 1.06 bits per heavy atom. The Morgan fingerprint density at radius 2 is 1.56 bits per heavy atom. The van der Waals surface area contributed by atoms with Crippen molar-refractivity contribution in [3.05, 3.63) is 35.4 Å². The van der Waals surface area contributed by atoms with Gasteiger partial charge in [-0.2, -0.15) is 0 Å². The van der Waals surface area contributed by atoms with Crippen LogP contribution in [0.4, 0.5) is 0 Å². The molecule has 0 aliphatic carbocycles. The molecule has 1 rings (SSSR count). The lowest BCUT2D eigenvalue weighted by atomic mass is 10.1. The van der Waals surface area contributed by atoms with E-state index in [1.165, 1.54) is 11.1 Å². The van der Waals surface area contributed by atoms with E-state index in [4.69, 9.17) is 10.7 Å². The molecule has 18 heavy (non-hydrogen) atoms. The van der Waals surface area contributed by atoms with Crippen LogP contribution >= 0.6 is 0 Å². The van der Waals surface area contributed by atoms with Crippen LogP contribution in [-0.2, 0) is 4.84 Å². The molecule has 1 unspecified atom stereocenters. The zero-order chi connectivity index (χ0) is 13.6. The highest BCUT2D eigenvalue weighted by atomic mass is 16.6. The van der Waals surface area contributed by atoms with E-state index in [1.807, 2.05) is 0 Å². The first kappa shape index (κ1) is 15.2. The minimum Gasteiger partial charge on any atom is -0.322 e. The van der Waals surface area contributed by atoms with E-state index in [2.05, 4.69) is 52.0 Å². The van der Waals surface area contributed by atoms with Crippen molar-refractivity contribution in [3.63, 3.8) is 0 Å². The van der Waals surface area contributed by atoms with Gasteiger partial charge in [0, 0.05) is 0 Å². The Morgan fingerprint density at radius 3 is 1.94 bits per heavy atom. The number of hydrogen-bond donors (Lipinski definition) is 1. The van der Waals surface area contributed by atoms with E-state index in [0.29, 0.717) is 0 Å². The summed E-state index contributed by atoms with van der Waals surface area (Å²) in [5, 5.41) is 0.